The fourth-order valence-corrected chi connectivity index (χ4v) is 10.1. The molecular formula is C41H60N4O9S. The van der Waals surface area contributed by atoms with Crippen LogP contribution >= 0.6 is 11.3 Å². The number of aliphatic hydroxyl groups is 1. The molecule has 304 valence electrons. The summed E-state index contributed by atoms with van der Waals surface area (Å²) in [6.07, 6.45) is -0.977. The van der Waals surface area contributed by atoms with E-state index < -0.39 is 65.6 Å². The van der Waals surface area contributed by atoms with Crippen LogP contribution in [0.2, 0.25) is 0 Å². The lowest BCUT2D eigenvalue weighted by atomic mass is 9.66. The number of carbonyl (C=O) groups excluding carboxylic acids is 3. The first-order chi connectivity index (χ1) is 25.9. The second-order valence-corrected chi connectivity index (χ2v) is 17.6. The molecule has 0 radical (unpaired) electrons. The van der Waals surface area contributed by atoms with E-state index in [4.69, 9.17) is 28.8 Å². The first kappa shape index (κ1) is 42.8. The normalized spacial score (nSPS) is 38.8. The van der Waals surface area contributed by atoms with Gasteiger partial charge in [0.1, 0.15) is 25.2 Å². The number of aliphatic imine (C=N–C) groups is 1. The number of likely N-dealkylation sites (N-methyl/N-ethyl adjacent to an activating group) is 1. The van der Waals surface area contributed by atoms with E-state index in [9.17, 15) is 19.5 Å². The van der Waals surface area contributed by atoms with E-state index in [1.165, 1.54) is 18.4 Å². The molecule has 3 fully saturated rings. The van der Waals surface area contributed by atoms with Gasteiger partial charge in [-0.25, -0.2) is 4.79 Å². The zero-order chi connectivity index (χ0) is 40.4. The van der Waals surface area contributed by atoms with Gasteiger partial charge in [0.15, 0.2) is 17.7 Å². The summed E-state index contributed by atoms with van der Waals surface area (Å²) in [5, 5.41) is 15.5. The molecule has 13 atom stereocenters. The van der Waals surface area contributed by atoms with Crippen LogP contribution in [0.4, 0.5) is 4.79 Å². The number of oxime groups is 1. The minimum Gasteiger partial charge on any atom is -0.458 e. The van der Waals surface area contributed by atoms with Gasteiger partial charge in [0.2, 0.25) is 0 Å². The molecule has 0 spiro atoms. The molecule has 2 bridgehead atoms. The van der Waals surface area contributed by atoms with Crippen LogP contribution in [-0.4, -0.2) is 127 Å². The van der Waals surface area contributed by atoms with Crippen molar-refractivity contribution in [3.05, 3.63) is 21.9 Å². The van der Waals surface area contributed by atoms with Crippen LogP contribution in [0.5, 0.6) is 0 Å². The number of esters is 1. The van der Waals surface area contributed by atoms with Crippen LogP contribution in [0.3, 0.4) is 0 Å². The van der Waals surface area contributed by atoms with E-state index in [2.05, 4.69) is 37.8 Å². The molecule has 0 aromatic carbocycles. The van der Waals surface area contributed by atoms with Gasteiger partial charge in [-0.05, 0) is 72.2 Å². The largest absolute Gasteiger partial charge is 0.458 e. The number of ether oxygens (including phenoxy) is 4. The van der Waals surface area contributed by atoms with Gasteiger partial charge in [0.05, 0.1) is 35.9 Å². The number of thiophene rings is 1. The summed E-state index contributed by atoms with van der Waals surface area (Å²) in [6.45, 7) is 16.0. The van der Waals surface area contributed by atoms with E-state index in [1.807, 2.05) is 51.9 Å². The van der Waals surface area contributed by atoms with Crippen LogP contribution in [0.1, 0.15) is 90.8 Å². The predicted molar refractivity (Wildman–Crippen MR) is 210 cm³/mol. The van der Waals surface area contributed by atoms with Crippen LogP contribution in [-0.2, 0) is 33.4 Å². The lowest BCUT2D eigenvalue weighted by Crippen LogP contribution is -2.58. The third kappa shape index (κ3) is 8.81. The van der Waals surface area contributed by atoms with Crippen molar-refractivity contribution in [2.24, 2.45) is 39.2 Å². The number of aliphatic hydroxyl groups excluding tert-OH is 1. The van der Waals surface area contributed by atoms with Crippen LogP contribution in [0.15, 0.2) is 22.3 Å². The van der Waals surface area contributed by atoms with Crippen molar-refractivity contribution in [1.82, 2.24) is 9.80 Å². The maximum absolute atomic E-state index is 14.6. The summed E-state index contributed by atoms with van der Waals surface area (Å²) in [7, 11) is 5.32. The Morgan fingerprint density at radius 3 is 2.55 bits per heavy atom. The fourth-order valence-electron chi connectivity index (χ4n) is 9.39. The molecule has 14 heteroatoms. The first-order valence-corrected chi connectivity index (χ1v) is 20.4. The molecule has 55 heavy (non-hydrogen) atoms. The van der Waals surface area contributed by atoms with E-state index in [-0.39, 0.29) is 29.8 Å². The van der Waals surface area contributed by atoms with Gasteiger partial charge in [-0.1, -0.05) is 51.6 Å². The van der Waals surface area contributed by atoms with Gasteiger partial charge < -0.3 is 33.8 Å². The highest BCUT2D eigenvalue weighted by atomic mass is 32.1. The number of cyclic esters (lactones) is 1. The quantitative estimate of drug-likeness (QED) is 0.129. The van der Waals surface area contributed by atoms with Crippen molar-refractivity contribution in [1.29, 1.82) is 0 Å². The minimum absolute atomic E-state index is 0.151. The Kier molecular flexibility index (Phi) is 13.6. The van der Waals surface area contributed by atoms with Crippen LogP contribution in [0.25, 0.3) is 0 Å². The zero-order valence-corrected chi connectivity index (χ0v) is 35.1. The molecule has 1 N–H and O–H groups in total. The third-order valence-electron chi connectivity index (χ3n) is 12.1. The van der Waals surface area contributed by atoms with Gasteiger partial charge in [0, 0.05) is 46.8 Å². The molecule has 1 amide bonds. The maximum Gasteiger partial charge on any atom is 0.410 e. The standard InChI is InChI=1S/C41H60N4O9S/c1-12-31-41(8)35-25(4)32(42-18-19-45(35)39(49)54-41)23(2)21-40(7,17-13-14-28-15-16-29(55-28)22-43-50-11)36(26(5)33(46)27(6)37(48)52-31)53-38-34(47)30(44(9)10)20-24(3)51-38/h15-16,22-27,30-31,34-36,38,47H,12,17-21H2,1-11H3/b43-22-/t23-,24-,25-,26+,27-,30+,31+,34-,35-,36-,38?,40+,41-/m1/s1. The molecule has 4 aliphatic rings. The Morgan fingerprint density at radius 1 is 1.15 bits per heavy atom. The smallest absolute Gasteiger partial charge is 0.410 e. The molecule has 0 saturated carbocycles. The molecule has 4 aliphatic heterocycles. The highest BCUT2D eigenvalue weighted by Gasteiger charge is 2.60. The predicted octanol–water partition coefficient (Wildman–Crippen LogP) is 5.16. The summed E-state index contributed by atoms with van der Waals surface area (Å²) in [5.74, 6) is 3.27. The Balaban J connectivity index is 1.63. The van der Waals surface area contributed by atoms with E-state index in [1.54, 1.807) is 25.0 Å². The number of rotatable bonds is 7. The number of carbonyl (C=O) groups is 3. The summed E-state index contributed by atoms with van der Waals surface area (Å²) in [5.41, 5.74) is -1.10. The zero-order valence-electron chi connectivity index (χ0n) is 34.2. The SMILES string of the molecule is CC[C@@H]1OC(=O)[C@H](C)C(=O)[C@H](C)[C@@H](OC2O[C@H](C)C[C@H](N(C)C)[C@H]2O)[C@@](C)(CC#Cc2ccc(/C=N\OC)s2)C[C@@H](C)C2=NCCN3C(=O)O[C@@]1(C)[C@H]3[C@@H]2C. The molecule has 5 heterocycles. The Morgan fingerprint density at radius 2 is 1.87 bits per heavy atom. The monoisotopic (exact) mass is 784 g/mol. The van der Waals surface area contributed by atoms with Gasteiger partial charge >= 0.3 is 12.1 Å². The fraction of sp³-hybridized carbons (Fsp3) is 0.732. The van der Waals surface area contributed by atoms with Gasteiger partial charge in [-0.3, -0.25) is 19.5 Å². The lowest BCUT2D eigenvalue weighted by Gasteiger charge is -2.47. The number of hydrogen-bond acceptors (Lipinski definition) is 13. The summed E-state index contributed by atoms with van der Waals surface area (Å²) >= 11 is 1.48. The maximum atomic E-state index is 14.6. The van der Waals surface area contributed by atoms with Crippen molar-refractivity contribution >= 4 is 41.1 Å². The molecule has 13 nitrogen and oxygen atoms in total. The number of fused-ring (bicyclic) bond motifs is 1. The van der Waals surface area contributed by atoms with Crippen molar-refractivity contribution in [2.45, 2.75) is 129 Å². The van der Waals surface area contributed by atoms with Crippen molar-refractivity contribution in [3.8, 4) is 11.8 Å². The number of nitrogens with zero attached hydrogens (tertiary/aromatic N) is 4. The van der Waals surface area contributed by atoms with E-state index >= 15 is 0 Å². The third-order valence-corrected chi connectivity index (χ3v) is 13.1. The second-order valence-electron chi connectivity index (χ2n) is 16.5. The van der Waals surface area contributed by atoms with E-state index in [0.29, 0.717) is 38.8 Å². The molecule has 0 aliphatic carbocycles. The highest BCUT2D eigenvalue weighted by Crippen LogP contribution is 2.46. The Bertz CT molecular complexity index is 1690. The average Bonchev–Trinajstić information content (AvgIpc) is 3.63. The Labute approximate surface area is 330 Å². The van der Waals surface area contributed by atoms with E-state index in [0.717, 1.165) is 15.5 Å². The van der Waals surface area contributed by atoms with Gasteiger partial charge in [0.25, 0.3) is 0 Å². The van der Waals surface area contributed by atoms with Crippen molar-refractivity contribution in [3.63, 3.8) is 0 Å². The van der Waals surface area contributed by atoms with Gasteiger partial charge in [-0.2, -0.15) is 0 Å². The highest BCUT2D eigenvalue weighted by molar-refractivity contribution is 7.14. The summed E-state index contributed by atoms with van der Waals surface area (Å²) in [6, 6.07) is 3.14. The lowest BCUT2D eigenvalue weighted by molar-refractivity contribution is -0.286. The average molecular weight is 785 g/mol. The Hall–Kier alpha value is -3.35. The molecule has 1 aromatic heterocycles. The van der Waals surface area contributed by atoms with Crippen molar-refractivity contribution in [2.75, 3.05) is 34.3 Å². The molecule has 5 rings (SSSR count). The number of amides is 1. The first-order valence-electron chi connectivity index (χ1n) is 19.5. The minimum atomic E-state index is -1.17. The van der Waals surface area contributed by atoms with Crippen molar-refractivity contribution < 1.29 is 43.3 Å². The molecule has 1 unspecified atom stereocenters. The van der Waals surface area contributed by atoms with Gasteiger partial charge in [-0.15, -0.1) is 11.3 Å². The molecule has 3 saturated heterocycles. The summed E-state index contributed by atoms with van der Waals surface area (Å²) < 4.78 is 25.5. The topological polar surface area (TPSA) is 149 Å². The summed E-state index contributed by atoms with van der Waals surface area (Å²) in [4.78, 5) is 57.3. The van der Waals surface area contributed by atoms with Crippen LogP contribution in [0, 0.1) is 40.9 Å². The second kappa shape index (κ2) is 17.4. The number of hydrogen-bond donors (Lipinski definition) is 1. The van der Waals surface area contributed by atoms with Crippen LogP contribution < -0.4 is 0 Å². The number of ketones is 1. The molecule has 1 aromatic rings. The molecular weight excluding hydrogens is 725 g/mol. The number of Topliss-reactive ketones (excluding diaryl/α,β-unsaturated/α-hetero) is 1.